The molecule has 0 radical (unpaired) electrons. The molecular formula is C24H27F3N4S. The fourth-order valence-electron chi connectivity index (χ4n) is 3.96. The topological polar surface area (TPSA) is 52.3 Å². The van der Waals surface area contributed by atoms with Gasteiger partial charge in [-0.3, -0.25) is 9.98 Å². The van der Waals surface area contributed by atoms with E-state index in [4.69, 9.17) is 4.99 Å². The first-order chi connectivity index (χ1) is 15.4. The summed E-state index contributed by atoms with van der Waals surface area (Å²) in [4.78, 5) is 11.1. The molecule has 0 aliphatic carbocycles. The second-order valence-corrected chi connectivity index (χ2v) is 8.67. The molecule has 170 valence electrons. The third kappa shape index (κ3) is 5.44. The third-order valence-electron chi connectivity index (χ3n) is 5.60. The lowest BCUT2D eigenvalue weighted by Gasteiger charge is -2.40. The maximum atomic E-state index is 13.5. The number of pyridine rings is 1. The van der Waals surface area contributed by atoms with Crippen LogP contribution in [0.5, 0.6) is 0 Å². The van der Waals surface area contributed by atoms with E-state index in [-0.39, 0.29) is 0 Å². The molecule has 4 nitrogen and oxygen atoms in total. The van der Waals surface area contributed by atoms with Gasteiger partial charge in [0.25, 0.3) is 0 Å². The van der Waals surface area contributed by atoms with Crippen LogP contribution in [0.1, 0.15) is 62.3 Å². The number of hydrogen-bond acceptors (Lipinski definition) is 5. The van der Waals surface area contributed by atoms with Gasteiger partial charge in [-0.15, -0.1) is 11.8 Å². The van der Waals surface area contributed by atoms with Gasteiger partial charge < -0.3 is 4.90 Å². The number of anilines is 1. The first-order valence-corrected chi connectivity index (χ1v) is 11.9. The van der Waals surface area contributed by atoms with E-state index in [0.717, 1.165) is 38.2 Å². The molecule has 0 saturated heterocycles. The van der Waals surface area contributed by atoms with Crippen LogP contribution in [0.4, 0.5) is 18.9 Å². The van der Waals surface area contributed by atoms with E-state index in [1.54, 1.807) is 29.9 Å². The smallest absolute Gasteiger partial charge is 0.341 e. The number of nitrogens with zero attached hydrogens (tertiary/aromatic N) is 4. The first-order valence-electron chi connectivity index (χ1n) is 10.9. The lowest BCUT2D eigenvalue weighted by atomic mass is 9.98. The number of aliphatic imine (C=N–C) groups is 1. The summed E-state index contributed by atoms with van der Waals surface area (Å²) in [5.74, 6) is 0.477. The summed E-state index contributed by atoms with van der Waals surface area (Å²) in [5.41, 5.74) is 1.28. The fourth-order valence-corrected chi connectivity index (χ4v) is 4.89. The zero-order valence-corrected chi connectivity index (χ0v) is 18.9. The Labute approximate surface area is 191 Å². The number of rotatable bonds is 10. The van der Waals surface area contributed by atoms with Gasteiger partial charge in [0.2, 0.25) is 0 Å². The van der Waals surface area contributed by atoms with E-state index < -0.39 is 17.4 Å². The SMILES string of the molecule is CCCCCCCCN(c1cccc(C(F)(F)F)c1)C1(c2ncccc2C#N)CSC=N1. The Morgan fingerprint density at radius 1 is 1.12 bits per heavy atom. The molecule has 1 aromatic carbocycles. The van der Waals surface area contributed by atoms with Crippen LogP contribution in [0.2, 0.25) is 0 Å². The summed E-state index contributed by atoms with van der Waals surface area (Å²) in [5, 5.41) is 9.68. The average Bonchev–Trinajstić information content (AvgIpc) is 3.28. The number of nitriles is 1. The molecule has 0 fully saturated rings. The molecule has 0 bridgehead atoms. The van der Waals surface area contributed by atoms with E-state index in [0.29, 0.717) is 29.2 Å². The number of unbranched alkanes of at least 4 members (excludes halogenated alkanes) is 5. The Hall–Kier alpha value is -2.53. The molecule has 8 heteroatoms. The summed E-state index contributed by atoms with van der Waals surface area (Å²) >= 11 is 1.47. The molecule has 0 spiro atoms. The highest BCUT2D eigenvalue weighted by Gasteiger charge is 2.44. The molecule has 0 amide bonds. The van der Waals surface area contributed by atoms with Gasteiger partial charge in [0.15, 0.2) is 5.66 Å². The Morgan fingerprint density at radius 3 is 2.59 bits per heavy atom. The van der Waals surface area contributed by atoms with Gasteiger partial charge in [-0.2, -0.15) is 18.4 Å². The standard InChI is InChI=1S/C24H27F3N4S/c1-2-3-4-5-6-7-14-31(21-12-8-11-20(15-21)24(25,26)27)23(17-32-18-30-23)22-19(16-28)10-9-13-29-22/h8-13,15,18H,2-7,14,17H2,1H3. The van der Waals surface area contributed by atoms with Crippen molar-refractivity contribution in [1.82, 2.24) is 4.98 Å². The Balaban J connectivity index is 2.01. The maximum Gasteiger partial charge on any atom is 0.416 e. The molecule has 0 saturated carbocycles. The van der Waals surface area contributed by atoms with Crippen LogP contribution in [0, 0.1) is 11.3 Å². The van der Waals surface area contributed by atoms with Crippen molar-refractivity contribution in [3.63, 3.8) is 0 Å². The predicted octanol–water partition coefficient (Wildman–Crippen LogP) is 6.77. The first kappa shape index (κ1) is 24.1. The number of aromatic nitrogens is 1. The van der Waals surface area contributed by atoms with Crippen LogP contribution >= 0.6 is 11.8 Å². The zero-order chi connectivity index (χ0) is 23.0. The minimum absolute atomic E-state index is 0.382. The zero-order valence-electron chi connectivity index (χ0n) is 18.1. The molecule has 1 atom stereocenters. The number of halogens is 3. The monoisotopic (exact) mass is 460 g/mol. The minimum Gasteiger partial charge on any atom is -0.341 e. The predicted molar refractivity (Wildman–Crippen MR) is 124 cm³/mol. The second-order valence-electron chi connectivity index (χ2n) is 7.84. The van der Waals surface area contributed by atoms with Crippen molar-refractivity contribution in [1.29, 1.82) is 5.26 Å². The van der Waals surface area contributed by atoms with Crippen molar-refractivity contribution in [2.24, 2.45) is 4.99 Å². The molecular weight excluding hydrogens is 433 g/mol. The highest BCUT2D eigenvalue weighted by molar-refractivity contribution is 8.12. The van der Waals surface area contributed by atoms with Gasteiger partial charge >= 0.3 is 6.18 Å². The number of hydrogen-bond donors (Lipinski definition) is 0. The van der Waals surface area contributed by atoms with Crippen LogP contribution in [0.3, 0.4) is 0 Å². The Kier molecular flexibility index (Phi) is 8.19. The fraction of sp³-hybridized carbons (Fsp3) is 0.458. The lowest BCUT2D eigenvalue weighted by Crippen LogP contribution is -2.47. The molecule has 2 heterocycles. The van der Waals surface area contributed by atoms with Gasteiger partial charge in [0.05, 0.1) is 16.7 Å². The second kappa shape index (κ2) is 10.9. The van der Waals surface area contributed by atoms with E-state index in [1.807, 2.05) is 4.90 Å². The van der Waals surface area contributed by atoms with E-state index >= 15 is 0 Å². The van der Waals surface area contributed by atoms with Gasteiger partial charge in [-0.25, -0.2) is 0 Å². The number of benzene rings is 1. The largest absolute Gasteiger partial charge is 0.416 e. The van der Waals surface area contributed by atoms with Gasteiger partial charge in [-0.1, -0.05) is 45.1 Å². The Bertz CT molecular complexity index is 970. The molecule has 1 aliphatic rings. The van der Waals surface area contributed by atoms with Gasteiger partial charge in [-0.05, 0) is 36.8 Å². The van der Waals surface area contributed by atoms with Crippen molar-refractivity contribution in [3.8, 4) is 6.07 Å². The summed E-state index contributed by atoms with van der Waals surface area (Å²) in [7, 11) is 0. The molecule has 3 rings (SSSR count). The quantitative estimate of drug-likeness (QED) is 0.367. The van der Waals surface area contributed by atoms with E-state index in [1.165, 1.54) is 30.3 Å². The normalized spacial score (nSPS) is 18.0. The third-order valence-corrected chi connectivity index (χ3v) is 6.42. The summed E-state index contributed by atoms with van der Waals surface area (Å²) in [6, 6.07) is 10.9. The van der Waals surface area contributed by atoms with Gasteiger partial charge in [0.1, 0.15) is 11.8 Å². The summed E-state index contributed by atoms with van der Waals surface area (Å²) in [6.07, 6.45) is 3.54. The highest BCUT2D eigenvalue weighted by atomic mass is 32.2. The molecule has 1 aliphatic heterocycles. The van der Waals surface area contributed by atoms with Crippen LogP contribution in [-0.4, -0.2) is 22.8 Å². The van der Waals surface area contributed by atoms with E-state index in [2.05, 4.69) is 18.0 Å². The van der Waals surface area contributed by atoms with Gasteiger partial charge in [0, 0.05) is 24.2 Å². The lowest BCUT2D eigenvalue weighted by molar-refractivity contribution is -0.137. The summed E-state index contributed by atoms with van der Waals surface area (Å²) < 4.78 is 40.4. The average molecular weight is 461 g/mol. The van der Waals surface area contributed by atoms with Crippen LogP contribution in [0.15, 0.2) is 47.6 Å². The molecule has 32 heavy (non-hydrogen) atoms. The van der Waals surface area contributed by atoms with Crippen molar-refractivity contribution < 1.29 is 13.2 Å². The molecule has 0 N–H and O–H groups in total. The minimum atomic E-state index is -4.44. The highest BCUT2D eigenvalue weighted by Crippen LogP contribution is 2.42. The van der Waals surface area contributed by atoms with Crippen molar-refractivity contribution in [2.45, 2.75) is 57.3 Å². The van der Waals surface area contributed by atoms with Crippen LogP contribution in [-0.2, 0) is 11.8 Å². The van der Waals surface area contributed by atoms with Crippen molar-refractivity contribution in [3.05, 3.63) is 59.4 Å². The maximum absolute atomic E-state index is 13.5. The summed E-state index contributed by atoms with van der Waals surface area (Å²) in [6.45, 7) is 2.68. The van der Waals surface area contributed by atoms with Crippen molar-refractivity contribution in [2.75, 3.05) is 17.2 Å². The van der Waals surface area contributed by atoms with Crippen molar-refractivity contribution >= 4 is 23.0 Å². The molecule has 2 aromatic rings. The Morgan fingerprint density at radius 2 is 1.91 bits per heavy atom. The molecule has 1 aromatic heterocycles. The van der Waals surface area contributed by atoms with Crippen LogP contribution < -0.4 is 4.90 Å². The molecule has 1 unspecified atom stereocenters. The number of alkyl halides is 3. The van der Waals surface area contributed by atoms with E-state index in [9.17, 15) is 18.4 Å². The van der Waals surface area contributed by atoms with Crippen LogP contribution in [0.25, 0.3) is 0 Å². The number of thioether (sulfide) groups is 1.